The van der Waals surface area contributed by atoms with E-state index in [0.29, 0.717) is 0 Å². The Morgan fingerprint density at radius 1 is 1.31 bits per heavy atom. The van der Waals surface area contributed by atoms with Crippen molar-refractivity contribution in [3.8, 4) is 0 Å². The number of hydrogen-bond donors (Lipinski definition) is 1. The highest BCUT2D eigenvalue weighted by Gasteiger charge is 2.61. The van der Waals surface area contributed by atoms with Crippen LogP contribution in [-0.4, -0.2) is 31.7 Å². The van der Waals surface area contributed by atoms with Crippen molar-refractivity contribution < 1.29 is 31.5 Å². The second-order valence-corrected chi connectivity index (χ2v) is 3.17. The zero-order valence-electron chi connectivity index (χ0n) is 8.48. The van der Waals surface area contributed by atoms with E-state index >= 15 is 0 Å². The lowest BCUT2D eigenvalue weighted by Crippen LogP contribution is -2.46. The molecule has 0 spiro atoms. The Labute approximate surface area is 88.7 Å². The average Bonchev–Trinajstić information content (AvgIpc) is 2.16. The topological polar surface area (TPSA) is 52.3 Å². The van der Waals surface area contributed by atoms with Gasteiger partial charge in [-0.2, -0.15) is 22.0 Å². The van der Waals surface area contributed by atoms with Crippen LogP contribution in [0.3, 0.4) is 0 Å². The minimum atomic E-state index is -5.66. The van der Waals surface area contributed by atoms with E-state index in [0.717, 1.165) is 7.11 Å². The number of alkyl halides is 5. The van der Waals surface area contributed by atoms with Crippen LogP contribution in [0.5, 0.6) is 0 Å². The van der Waals surface area contributed by atoms with Crippen molar-refractivity contribution in [2.75, 3.05) is 13.7 Å². The first-order valence-corrected chi connectivity index (χ1v) is 4.38. The predicted octanol–water partition coefficient (Wildman–Crippen LogP) is 1.71. The van der Waals surface area contributed by atoms with Crippen LogP contribution in [0, 0.1) is 5.92 Å². The Morgan fingerprint density at radius 3 is 2.12 bits per heavy atom. The second-order valence-electron chi connectivity index (χ2n) is 3.17. The molecule has 0 amide bonds. The van der Waals surface area contributed by atoms with Crippen LogP contribution in [0.1, 0.15) is 12.8 Å². The summed E-state index contributed by atoms with van der Waals surface area (Å²) in [6.07, 6.45) is -6.85. The molecule has 1 atom stereocenters. The quantitative estimate of drug-likeness (QED) is 0.596. The minimum absolute atomic E-state index is 0.524. The van der Waals surface area contributed by atoms with Crippen molar-refractivity contribution in [1.82, 2.24) is 0 Å². The van der Waals surface area contributed by atoms with Gasteiger partial charge < -0.3 is 10.5 Å². The number of carbonyl (C=O) groups is 1. The van der Waals surface area contributed by atoms with Gasteiger partial charge in [0.05, 0.1) is 7.11 Å². The number of rotatable bonds is 5. The van der Waals surface area contributed by atoms with Gasteiger partial charge in [0, 0.05) is 18.9 Å². The number of carbonyl (C=O) groups excluding carboxylic acids is 1. The fraction of sp³-hybridized carbons (Fsp3) is 0.875. The van der Waals surface area contributed by atoms with E-state index in [9.17, 15) is 26.7 Å². The average molecular weight is 249 g/mol. The summed E-state index contributed by atoms with van der Waals surface area (Å²) in [5.74, 6) is -7.86. The van der Waals surface area contributed by atoms with E-state index in [4.69, 9.17) is 5.73 Å². The van der Waals surface area contributed by atoms with Crippen molar-refractivity contribution in [2.45, 2.75) is 24.9 Å². The Kier molecular flexibility index (Phi) is 5.11. The van der Waals surface area contributed by atoms with Crippen LogP contribution >= 0.6 is 0 Å². The molecule has 0 radical (unpaired) electrons. The lowest BCUT2D eigenvalue weighted by molar-refractivity contribution is -0.302. The highest BCUT2D eigenvalue weighted by atomic mass is 19.4. The zero-order chi connectivity index (χ0) is 13.0. The standard InChI is InChI=1S/C8H12F5NO2/c1-16-6(15)3-2-5(4-14)7(9,10)8(11,12)13/h5H,2-4,14H2,1H3. The first-order valence-electron chi connectivity index (χ1n) is 4.38. The van der Waals surface area contributed by atoms with Crippen LogP contribution in [0.4, 0.5) is 22.0 Å². The van der Waals surface area contributed by atoms with Crippen LogP contribution in [0.25, 0.3) is 0 Å². The van der Waals surface area contributed by atoms with Crippen LogP contribution < -0.4 is 5.73 Å². The summed E-state index contributed by atoms with van der Waals surface area (Å²) in [6, 6.07) is 0. The third-order valence-corrected chi connectivity index (χ3v) is 2.10. The van der Waals surface area contributed by atoms with E-state index in [1.54, 1.807) is 0 Å². The predicted molar refractivity (Wildman–Crippen MR) is 44.8 cm³/mol. The number of ether oxygens (including phenoxy) is 1. The Morgan fingerprint density at radius 2 is 1.81 bits per heavy atom. The summed E-state index contributed by atoms with van der Waals surface area (Å²) in [7, 11) is 1.02. The molecular formula is C8H12F5NO2. The maximum Gasteiger partial charge on any atom is 0.453 e. The Balaban J connectivity index is 4.55. The molecule has 0 aromatic carbocycles. The molecule has 2 N–H and O–H groups in total. The summed E-state index contributed by atoms with van der Waals surface area (Å²) in [5.41, 5.74) is 4.85. The lowest BCUT2D eigenvalue weighted by Gasteiger charge is -2.27. The van der Waals surface area contributed by atoms with Gasteiger partial charge in [-0.1, -0.05) is 0 Å². The molecule has 8 heteroatoms. The van der Waals surface area contributed by atoms with Crippen molar-refractivity contribution >= 4 is 5.97 Å². The second kappa shape index (κ2) is 5.42. The van der Waals surface area contributed by atoms with Gasteiger partial charge >= 0.3 is 18.1 Å². The SMILES string of the molecule is COC(=O)CCC(CN)C(F)(F)C(F)(F)F. The van der Waals surface area contributed by atoms with Crippen LogP contribution in [-0.2, 0) is 9.53 Å². The molecule has 0 aromatic heterocycles. The van der Waals surface area contributed by atoms with Gasteiger partial charge in [-0.3, -0.25) is 4.79 Å². The maximum atomic E-state index is 12.8. The molecular weight excluding hydrogens is 237 g/mol. The molecule has 0 aliphatic heterocycles. The van der Waals surface area contributed by atoms with E-state index in [1.807, 2.05) is 0 Å². The van der Waals surface area contributed by atoms with Gasteiger partial charge in [-0.15, -0.1) is 0 Å². The van der Waals surface area contributed by atoms with Gasteiger partial charge in [0.25, 0.3) is 0 Å². The molecule has 0 fully saturated rings. The van der Waals surface area contributed by atoms with Crippen molar-refractivity contribution in [3.63, 3.8) is 0 Å². The minimum Gasteiger partial charge on any atom is -0.469 e. The summed E-state index contributed by atoms with van der Waals surface area (Å²) in [4.78, 5) is 10.6. The molecule has 3 nitrogen and oxygen atoms in total. The molecule has 0 aromatic rings. The first-order chi connectivity index (χ1) is 7.16. The van der Waals surface area contributed by atoms with E-state index in [-0.39, 0.29) is 0 Å². The van der Waals surface area contributed by atoms with Crippen molar-refractivity contribution in [2.24, 2.45) is 11.7 Å². The summed E-state index contributed by atoms with van der Waals surface area (Å²) < 4.78 is 65.6. The summed E-state index contributed by atoms with van der Waals surface area (Å²) in [6.45, 7) is -0.858. The molecule has 0 heterocycles. The van der Waals surface area contributed by atoms with Gasteiger partial charge in [0.1, 0.15) is 0 Å². The molecule has 0 rings (SSSR count). The van der Waals surface area contributed by atoms with Crippen molar-refractivity contribution in [1.29, 1.82) is 0 Å². The van der Waals surface area contributed by atoms with Crippen LogP contribution in [0.15, 0.2) is 0 Å². The smallest absolute Gasteiger partial charge is 0.453 e. The molecule has 0 aliphatic rings. The molecule has 16 heavy (non-hydrogen) atoms. The number of hydrogen-bond acceptors (Lipinski definition) is 3. The zero-order valence-corrected chi connectivity index (χ0v) is 8.48. The van der Waals surface area contributed by atoms with Gasteiger partial charge in [0.2, 0.25) is 0 Å². The Hall–Kier alpha value is -0.920. The summed E-state index contributed by atoms with van der Waals surface area (Å²) in [5, 5.41) is 0. The number of esters is 1. The Bertz CT molecular complexity index is 241. The normalized spacial score (nSPS) is 14.7. The summed E-state index contributed by atoms with van der Waals surface area (Å²) >= 11 is 0. The molecule has 0 saturated heterocycles. The molecule has 0 aliphatic carbocycles. The van der Waals surface area contributed by atoms with Crippen LogP contribution in [0.2, 0.25) is 0 Å². The molecule has 0 saturated carbocycles. The van der Waals surface area contributed by atoms with E-state index in [2.05, 4.69) is 4.74 Å². The third kappa shape index (κ3) is 3.58. The number of nitrogens with two attached hydrogens (primary N) is 1. The van der Waals surface area contributed by atoms with E-state index in [1.165, 1.54) is 0 Å². The fourth-order valence-corrected chi connectivity index (χ4v) is 1.07. The largest absolute Gasteiger partial charge is 0.469 e. The van der Waals surface area contributed by atoms with Gasteiger partial charge in [-0.25, -0.2) is 0 Å². The first kappa shape index (κ1) is 15.1. The van der Waals surface area contributed by atoms with E-state index < -0.39 is 43.4 Å². The highest BCUT2D eigenvalue weighted by molar-refractivity contribution is 5.69. The maximum absolute atomic E-state index is 12.8. The lowest BCUT2D eigenvalue weighted by atomic mass is 9.95. The van der Waals surface area contributed by atoms with Crippen molar-refractivity contribution in [3.05, 3.63) is 0 Å². The van der Waals surface area contributed by atoms with Gasteiger partial charge in [0.15, 0.2) is 0 Å². The molecule has 1 unspecified atom stereocenters. The molecule has 96 valence electrons. The molecule has 0 bridgehead atoms. The highest BCUT2D eigenvalue weighted by Crippen LogP contribution is 2.42. The number of methoxy groups -OCH3 is 1. The number of halogens is 5. The van der Waals surface area contributed by atoms with Gasteiger partial charge in [-0.05, 0) is 6.42 Å². The third-order valence-electron chi connectivity index (χ3n) is 2.10. The monoisotopic (exact) mass is 249 g/mol. The fourth-order valence-electron chi connectivity index (χ4n) is 1.07.